The van der Waals surface area contributed by atoms with Gasteiger partial charge in [-0.3, -0.25) is 4.79 Å². The Labute approximate surface area is 153 Å². The fraction of sp³-hybridized carbons (Fsp3) is 0.158. The molecule has 1 aromatic carbocycles. The summed E-state index contributed by atoms with van der Waals surface area (Å²) in [4.78, 5) is 15.6. The number of nitrogen functional groups attached to an aromatic ring is 1. The van der Waals surface area contributed by atoms with Gasteiger partial charge in [0.05, 0.1) is 16.8 Å². The molecular weight excluding hydrogens is 359 g/mol. The number of allylic oxidation sites excluding steroid dienone is 4. The highest BCUT2D eigenvalue weighted by molar-refractivity contribution is 6.04. The summed E-state index contributed by atoms with van der Waals surface area (Å²) < 4.78 is 39.2. The summed E-state index contributed by atoms with van der Waals surface area (Å²) in [5, 5.41) is 9.60. The van der Waals surface area contributed by atoms with Crippen molar-refractivity contribution < 1.29 is 23.1 Å². The van der Waals surface area contributed by atoms with E-state index in [-0.39, 0.29) is 33.6 Å². The first kappa shape index (κ1) is 20.0. The highest BCUT2D eigenvalue weighted by Gasteiger charge is 2.31. The summed E-state index contributed by atoms with van der Waals surface area (Å²) >= 11 is 0. The molecule has 1 heterocycles. The van der Waals surface area contributed by atoms with Gasteiger partial charge in [0, 0.05) is 10.9 Å². The molecule has 0 radical (unpaired) electrons. The van der Waals surface area contributed by atoms with E-state index in [2.05, 4.69) is 4.98 Å². The Kier molecular flexibility index (Phi) is 5.58. The largest absolute Gasteiger partial charge is 0.508 e. The van der Waals surface area contributed by atoms with Crippen molar-refractivity contribution in [3.05, 3.63) is 64.6 Å². The van der Waals surface area contributed by atoms with Crippen LogP contribution < -0.4 is 11.5 Å². The van der Waals surface area contributed by atoms with Crippen molar-refractivity contribution in [2.24, 2.45) is 5.73 Å². The highest BCUT2D eigenvalue weighted by atomic mass is 19.4. The molecule has 5 nitrogen and oxygen atoms in total. The first-order chi connectivity index (χ1) is 12.5. The number of hydrogen-bond acceptors (Lipinski definition) is 4. The first-order valence-electron chi connectivity index (χ1n) is 7.86. The van der Waals surface area contributed by atoms with Gasteiger partial charge in [0.1, 0.15) is 5.76 Å². The van der Waals surface area contributed by atoms with Crippen LogP contribution in [0.5, 0.6) is 0 Å². The fourth-order valence-electron chi connectivity index (χ4n) is 2.41. The molecule has 0 unspecified atom stereocenters. The van der Waals surface area contributed by atoms with Crippen LogP contribution in [-0.4, -0.2) is 16.0 Å². The number of anilines is 1. The van der Waals surface area contributed by atoms with E-state index < -0.39 is 17.6 Å². The van der Waals surface area contributed by atoms with Crippen molar-refractivity contribution in [2.45, 2.75) is 20.0 Å². The maximum absolute atomic E-state index is 13.1. The van der Waals surface area contributed by atoms with E-state index in [9.17, 15) is 23.1 Å². The number of amides is 1. The summed E-state index contributed by atoms with van der Waals surface area (Å²) in [7, 11) is 0. The molecule has 2 rings (SSSR count). The number of aliphatic hydroxyl groups is 1. The molecule has 0 aliphatic carbocycles. The number of fused-ring (bicyclic) bond motifs is 1. The monoisotopic (exact) mass is 377 g/mol. The van der Waals surface area contributed by atoms with Crippen molar-refractivity contribution >= 4 is 28.6 Å². The van der Waals surface area contributed by atoms with Crippen LogP contribution in [0.15, 0.2) is 47.8 Å². The molecule has 0 aliphatic rings. The average Bonchev–Trinajstić information content (AvgIpc) is 2.60. The lowest BCUT2D eigenvalue weighted by atomic mass is 10.00. The minimum Gasteiger partial charge on any atom is -0.508 e. The number of nitrogens with zero attached hydrogens (tertiary/aromatic N) is 1. The van der Waals surface area contributed by atoms with Crippen LogP contribution in [0.25, 0.3) is 17.0 Å². The van der Waals surface area contributed by atoms with Gasteiger partial charge in [-0.05, 0) is 50.3 Å². The Morgan fingerprint density at radius 3 is 2.48 bits per heavy atom. The number of benzene rings is 1. The zero-order valence-electron chi connectivity index (χ0n) is 14.6. The van der Waals surface area contributed by atoms with Gasteiger partial charge in [-0.1, -0.05) is 11.6 Å². The van der Waals surface area contributed by atoms with Crippen molar-refractivity contribution in [1.82, 2.24) is 4.98 Å². The molecule has 0 atom stereocenters. The number of carbonyl (C=O) groups is 1. The van der Waals surface area contributed by atoms with Gasteiger partial charge in [-0.25, -0.2) is 4.98 Å². The predicted molar refractivity (Wildman–Crippen MR) is 98.9 cm³/mol. The van der Waals surface area contributed by atoms with Crippen LogP contribution >= 0.6 is 0 Å². The van der Waals surface area contributed by atoms with Crippen LogP contribution in [0.2, 0.25) is 0 Å². The van der Waals surface area contributed by atoms with Gasteiger partial charge in [-0.2, -0.15) is 13.2 Å². The van der Waals surface area contributed by atoms with Gasteiger partial charge < -0.3 is 16.6 Å². The second-order valence-electron chi connectivity index (χ2n) is 5.82. The van der Waals surface area contributed by atoms with Crippen molar-refractivity contribution in [1.29, 1.82) is 0 Å². The number of carbonyl (C=O) groups excluding carboxylic acids is 1. The number of alkyl halides is 3. The van der Waals surface area contributed by atoms with Crippen molar-refractivity contribution in [3.8, 4) is 0 Å². The van der Waals surface area contributed by atoms with E-state index in [1.165, 1.54) is 18.2 Å². The molecule has 0 saturated carbocycles. The summed E-state index contributed by atoms with van der Waals surface area (Å²) in [6.45, 7) is 3.31. The SMILES string of the molecule is C/C=C(O)/C=C\C(C)=C\c1c(N)c(C(N)=O)nc2ccc(C(F)(F)F)cc12. The van der Waals surface area contributed by atoms with Gasteiger partial charge in [0.2, 0.25) is 0 Å². The molecule has 0 saturated heterocycles. The number of pyridine rings is 1. The molecule has 5 N–H and O–H groups in total. The van der Waals surface area contributed by atoms with E-state index >= 15 is 0 Å². The quantitative estimate of drug-likeness (QED) is 0.544. The lowest BCUT2D eigenvalue weighted by Crippen LogP contribution is -2.17. The molecule has 0 spiro atoms. The molecule has 8 heteroatoms. The minimum absolute atomic E-state index is 0.0208. The third-order valence-electron chi connectivity index (χ3n) is 3.81. The standard InChI is InChI=1S/C19H18F3N3O2/c1-3-12(26)6-4-10(2)8-14-13-9-11(19(20,21)22)5-7-15(13)25-17(16(14)23)18(24)27/h3-9,26H,23H2,1-2H3,(H2,24,27)/b6-4-,10-8+,12-3-. The summed E-state index contributed by atoms with van der Waals surface area (Å²) in [5.74, 6) is -0.865. The van der Waals surface area contributed by atoms with Crippen molar-refractivity contribution in [3.63, 3.8) is 0 Å². The number of rotatable bonds is 4. The summed E-state index contributed by atoms with van der Waals surface area (Å²) in [6.07, 6.45) is 1.41. The Bertz CT molecular complexity index is 990. The maximum Gasteiger partial charge on any atom is 0.416 e. The average molecular weight is 377 g/mol. The zero-order valence-corrected chi connectivity index (χ0v) is 14.6. The number of primary amides is 1. The number of hydrogen-bond donors (Lipinski definition) is 3. The number of aliphatic hydroxyl groups excluding tert-OH is 1. The molecule has 27 heavy (non-hydrogen) atoms. The van der Waals surface area contributed by atoms with E-state index in [0.717, 1.165) is 18.2 Å². The van der Waals surface area contributed by atoms with Gasteiger partial charge in [-0.15, -0.1) is 0 Å². The molecule has 2 aromatic rings. The second kappa shape index (κ2) is 7.53. The Morgan fingerprint density at radius 2 is 1.93 bits per heavy atom. The Hall–Kier alpha value is -3.29. The fourth-order valence-corrected chi connectivity index (χ4v) is 2.41. The summed E-state index contributed by atoms with van der Waals surface area (Å²) in [6, 6.07) is 2.97. The molecule has 142 valence electrons. The van der Waals surface area contributed by atoms with Crippen LogP contribution in [0.3, 0.4) is 0 Å². The molecule has 1 aromatic heterocycles. The topological polar surface area (TPSA) is 102 Å². The predicted octanol–water partition coefficient (Wildman–Crippen LogP) is 4.36. The smallest absolute Gasteiger partial charge is 0.416 e. The van der Waals surface area contributed by atoms with Crippen molar-refractivity contribution in [2.75, 3.05) is 5.73 Å². The Morgan fingerprint density at radius 1 is 1.26 bits per heavy atom. The van der Waals surface area contributed by atoms with E-state index in [1.807, 2.05) is 0 Å². The van der Waals surface area contributed by atoms with E-state index in [1.54, 1.807) is 19.9 Å². The molecular formula is C19H18F3N3O2. The molecule has 0 aliphatic heterocycles. The summed E-state index contributed by atoms with van der Waals surface area (Å²) in [5.41, 5.74) is 11.0. The lowest BCUT2D eigenvalue weighted by molar-refractivity contribution is -0.137. The zero-order chi connectivity index (χ0) is 20.4. The number of aromatic nitrogens is 1. The Balaban J connectivity index is 2.78. The number of nitrogens with two attached hydrogens (primary N) is 2. The molecule has 0 fully saturated rings. The highest BCUT2D eigenvalue weighted by Crippen LogP contribution is 2.34. The second-order valence-corrected chi connectivity index (χ2v) is 5.82. The molecule has 1 amide bonds. The van der Waals surface area contributed by atoms with Crippen LogP contribution in [-0.2, 0) is 6.18 Å². The van der Waals surface area contributed by atoms with E-state index in [4.69, 9.17) is 11.5 Å². The minimum atomic E-state index is -4.54. The van der Waals surface area contributed by atoms with Crippen LogP contribution in [0.1, 0.15) is 35.5 Å². The van der Waals surface area contributed by atoms with Crippen LogP contribution in [0.4, 0.5) is 18.9 Å². The van der Waals surface area contributed by atoms with Gasteiger partial charge in [0.15, 0.2) is 5.69 Å². The third-order valence-corrected chi connectivity index (χ3v) is 3.81. The van der Waals surface area contributed by atoms with Crippen LogP contribution in [0, 0.1) is 0 Å². The first-order valence-corrected chi connectivity index (χ1v) is 7.86. The maximum atomic E-state index is 13.1. The lowest BCUT2D eigenvalue weighted by Gasteiger charge is -2.13. The van der Waals surface area contributed by atoms with Gasteiger partial charge in [0.25, 0.3) is 5.91 Å². The molecule has 0 bridgehead atoms. The normalized spacial score (nSPS) is 13.5. The number of halogens is 3. The third kappa shape index (κ3) is 4.46. The van der Waals surface area contributed by atoms with Gasteiger partial charge >= 0.3 is 6.18 Å². The van der Waals surface area contributed by atoms with E-state index in [0.29, 0.717) is 5.57 Å².